The van der Waals surface area contributed by atoms with Crippen LogP contribution in [0.3, 0.4) is 0 Å². The fourth-order valence-corrected chi connectivity index (χ4v) is 4.51. The molecule has 3 aromatic rings. The van der Waals surface area contributed by atoms with Crippen molar-refractivity contribution >= 4 is 17.2 Å². The summed E-state index contributed by atoms with van der Waals surface area (Å²) in [6, 6.07) is 12.2. The third-order valence-electron chi connectivity index (χ3n) is 4.85. The van der Waals surface area contributed by atoms with E-state index < -0.39 is 0 Å². The molecule has 0 fully saturated rings. The van der Waals surface area contributed by atoms with Gasteiger partial charge in [-0.15, -0.1) is 11.3 Å². The van der Waals surface area contributed by atoms with Gasteiger partial charge in [0.25, 0.3) is 5.91 Å². The maximum atomic E-state index is 13.0. The molecule has 1 atom stereocenters. The molecule has 0 spiro atoms. The molecule has 0 radical (unpaired) electrons. The van der Waals surface area contributed by atoms with Crippen molar-refractivity contribution in [1.29, 1.82) is 0 Å². The highest BCUT2D eigenvalue weighted by atomic mass is 32.1. The van der Waals surface area contributed by atoms with Gasteiger partial charge in [-0.25, -0.2) is 0 Å². The van der Waals surface area contributed by atoms with Crippen molar-refractivity contribution in [1.82, 2.24) is 14.7 Å². The second-order valence-corrected chi connectivity index (χ2v) is 7.37. The van der Waals surface area contributed by atoms with Gasteiger partial charge in [0.2, 0.25) is 0 Å². The highest BCUT2D eigenvalue weighted by Crippen LogP contribution is 2.35. The van der Waals surface area contributed by atoms with Gasteiger partial charge in [-0.3, -0.25) is 9.48 Å². The van der Waals surface area contributed by atoms with Crippen molar-refractivity contribution < 1.29 is 4.79 Å². The number of thiophene rings is 1. The Kier molecular flexibility index (Phi) is 4.40. The number of fused-ring (bicyclic) bond motifs is 1. The number of carbonyl (C=O) groups is 1. The van der Waals surface area contributed by atoms with Gasteiger partial charge in [-0.2, -0.15) is 5.10 Å². The van der Waals surface area contributed by atoms with Crippen LogP contribution in [0.2, 0.25) is 0 Å². The maximum absolute atomic E-state index is 13.0. The zero-order chi connectivity index (χ0) is 17.2. The molecule has 1 aliphatic heterocycles. The van der Waals surface area contributed by atoms with E-state index in [-0.39, 0.29) is 11.9 Å². The zero-order valence-corrected chi connectivity index (χ0v) is 15.1. The van der Waals surface area contributed by atoms with Crippen molar-refractivity contribution in [2.45, 2.75) is 32.4 Å². The van der Waals surface area contributed by atoms with Gasteiger partial charge in [0.1, 0.15) is 0 Å². The van der Waals surface area contributed by atoms with Crippen molar-refractivity contribution in [2.24, 2.45) is 0 Å². The molecular weight excluding hydrogens is 330 g/mol. The molecule has 0 saturated heterocycles. The Hall–Kier alpha value is -2.40. The first kappa shape index (κ1) is 16.1. The van der Waals surface area contributed by atoms with Crippen LogP contribution in [0.4, 0.5) is 0 Å². The van der Waals surface area contributed by atoms with Crippen LogP contribution in [0.25, 0.3) is 0 Å². The van der Waals surface area contributed by atoms with Crippen LogP contribution in [0.15, 0.2) is 54.2 Å². The van der Waals surface area contributed by atoms with Gasteiger partial charge >= 0.3 is 0 Å². The molecule has 128 valence electrons. The van der Waals surface area contributed by atoms with Crippen LogP contribution >= 0.6 is 11.3 Å². The fraction of sp³-hybridized carbons (Fsp3) is 0.300. The van der Waals surface area contributed by atoms with E-state index in [1.807, 2.05) is 57.4 Å². The summed E-state index contributed by atoms with van der Waals surface area (Å²) >= 11 is 1.81. The molecule has 5 heteroatoms. The summed E-state index contributed by atoms with van der Waals surface area (Å²) in [4.78, 5) is 16.5. The Balaban J connectivity index is 1.52. The Bertz CT molecular complexity index is 851. The number of amides is 1. The Labute approximate surface area is 151 Å². The monoisotopic (exact) mass is 351 g/mol. The molecule has 0 bridgehead atoms. The second-order valence-electron chi connectivity index (χ2n) is 6.37. The summed E-state index contributed by atoms with van der Waals surface area (Å²) < 4.78 is 1.88. The SMILES string of the molecule is CCC1c2ccsc2CCN1C(=O)c1ccc(Cn2cccn2)cc1. The smallest absolute Gasteiger partial charge is 0.254 e. The quantitative estimate of drug-likeness (QED) is 0.708. The lowest BCUT2D eigenvalue weighted by Crippen LogP contribution is -2.39. The molecule has 1 amide bonds. The first-order valence-electron chi connectivity index (χ1n) is 8.70. The number of nitrogens with zero attached hydrogens (tertiary/aromatic N) is 3. The van der Waals surface area contributed by atoms with E-state index in [9.17, 15) is 4.79 Å². The summed E-state index contributed by atoms with van der Waals surface area (Å²) in [6.45, 7) is 3.69. The molecule has 4 nitrogen and oxygen atoms in total. The zero-order valence-electron chi connectivity index (χ0n) is 14.3. The van der Waals surface area contributed by atoms with Crippen molar-refractivity contribution in [3.8, 4) is 0 Å². The van der Waals surface area contributed by atoms with E-state index in [1.165, 1.54) is 10.4 Å². The number of rotatable bonds is 4. The largest absolute Gasteiger partial charge is 0.331 e. The average molecular weight is 351 g/mol. The minimum absolute atomic E-state index is 0.134. The number of hydrogen-bond acceptors (Lipinski definition) is 3. The third kappa shape index (κ3) is 3.12. The van der Waals surface area contributed by atoms with Gasteiger partial charge in [0, 0.05) is 29.4 Å². The predicted molar refractivity (Wildman–Crippen MR) is 99.9 cm³/mol. The second kappa shape index (κ2) is 6.84. The average Bonchev–Trinajstić information content (AvgIpc) is 3.32. The number of benzene rings is 1. The third-order valence-corrected chi connectivity index (χ3v) is 5.84. The van der Waals surface area contributed by atoms with Crippen LogP contribution < -0.4 is 0 Å². The standard InChI is InChI=1S/C20H21N3OS/c1-2-18-17-9-13-25-19(17)8-12-23(18)20(24)16-6-4-15(5-7-16)14-22-11-3-10-21-22/h3-7,9-11,13,18H,2,8,12,14H2,1H3. The Morgan fingerprint density at radius 3 is 2.84 bits per heavy atom. The summed E-state index contributed by atoms with van der Waals surface area (Å²) in [5.41, 5.74) is 3.25. The first-order valence-corrected chi connectivity index (χ1v) is 9.58. The summed E-state index contributed by atoms with van der Waals surface area (Å²) in [5, 5.41) is 6.37. The van der Waals surface area contributed by atoms with Crippen LogP contribution in [-0.2, 0) is 13.0 Å². The molecule has 3 heterocycles. The molecule has 1 aliphatic rings. The van der Waals surface area contributed by atoms with Crippen molar-refractivity contribution in [2.75, 3.05) is 6.54 Å². The molecule has 1 aromatic carbocycles. The van der Waals surface area contributed by atoms with Gasteiger partial charge < -0.3 is 4.90 Å². The normalized spacial score (nSPS) is 16.7. The van der Waals surface area contributed by atoms with Crippen LogP contribution in [-0.4, -0.2) is 27.1 Å². The lowest BCUT2D eigenvalue weighted by Gasteiger charge is -2.35. The lowest BCUT2D eigenvalue weighted by molar-refractivity contribution is 0.0657. The molecule has 0 N–H and O–H groups in total. The molecule has 1 unspecified atom stereocenters. The van der Waals surface area contributed by atoms with E-state index in [0.717, 1.165) is 37.1 Å². The fourth-order valence-electron chi connectivity index (χ4n) is 3.58. The van der Waals surface area contributed by atoms with Gasteiger partial charge in [-0.1, -0.05) is 19.1 Å². The number of carbonyl (C=O) groups excluding carboxylic acids is 1. The molecule has 4 rings (SSSR count). The highest BCUT2D eigenvalue weighted by molar-refractivity contribution is 7.10. The van der Waals surface area contributed by atoms with Crippen LogP contribution in [0.1, 0.15) is 45.7 Å². The van der Waals surface area contributed by atoms with Gasteiger partial charge in [0.05, 0.1) is 12.6 Å². The molecule has 0 aliphatic carbocycles. The van der Waals surface area contributed by atoms with E-state index in [0.29, 0.717) is 0 Å². The lowest BCUT2D eigenvalue weighted by atomic mass is 9.96. The Morgan fingerprint density at radius 2 is 2.12 bits per heavy atom. The molecule has 0 saturated carbocycles. The van der Waals surface area contributed by atoms with Crippen molar-refractivity contribution in [3.05, 3.63) is 75.7 Å². The van der Waals surface area contributed by atoms with Crippen LogP contribution in [0.5, 0.6) is 0 Å². The number of hydrogen-bond donors (Lipinski definition) is 0. The van der Waals surface area contributed by atoms with E-state index in [4.69, 9.17) is 0 Å². The van der Waals surface area contributed by atoms with Crippen LogP contribution in [0, 0.1) is 0 Å². The topological polar surface area (TPSA) is 38.1 Å². The minimum atomic E-state index is 0.134. The molecule has 25 heavy (non-hydrogen) atoms. The van der Waals surface area contributed by atoms with Gasteiger partial charge in [0.15, 0.2) is 0 Å². The summed E-state index contributed by atoms with van der Waals surface area (Å²) in [5.74, 6) is 0.134. The van der Waals surface area contributed by atoms with Crippen molar-refractivity contribution in [3.63, 3.8) is 0 Å². The first-order chi connectivity index (χ1) is 12.3. The van der Waals surface area contributed by atoms with Gasteiger partial charge in [-0.05, 0) is 53.6 Å². The van der Waals surface area contributed by atoms with E-state index in [1.54, 1.807) is 6.20 Å². The van der Waals surface area contributed by atoms with E-state index >= 15 is 0 Å². The Morgan fingerprint density at radius 1 is 1.28 bits per heavy atom. The summed E-state index contributed by atoms with van der Waals surface area (Å²) in [7, 11) is 0. The van der Waals surface area contributed by atoms with E-state index in [2.05, 4.69) is 23.5 Å². The minimum Gasteiger partial charge on any atom is -0.331 e. The predicted octanol–water partition coefficient (Wildman–Crippen LogP) is 4.14. The highest BCUT2D eigenvalue weighted by Gasteiger charge is 2.30. The summed E-state index contributed by atoms with van der Waals surface area (Å²) in [6.07, 6.45) is 5.63. The maximum Gasteiger partial charge on any atom is 0.254 e. The molecular formula is C20H21N3OS. The molecule has 2 aromatic heterocycles. The number of aromatic nitrogens is 2.